The number of fused-ring (bicyclic) bond motifs is 1. The molecule has 0 atom stereocenters. The first-order valence-electron chi connectivity index (χ1n) is 6.52. The van der Waals surface area contributed by atoms with E-state index >= 15 is 0 Å². The lowest BCUT2D eigenvalue weighted by Gasteiger charge is -2.08. The normalized spacial score (nSPS) is 10.8. The molecular formula is C15H15N5O. The molecule has 2 heterocycles. The van der Waals surface area contributed by atoms with Crippen molar-refractivity contribution in [1.82, 2.24) is 14.8 Å². The third kappa shape index (κ3) is 2.20. The van der Waals surface area contributed by atoms with Gasteiger partial charge in [-0.05, 0) is 19.1 Å². The van der Waals surface area contributed by atoms with Crippen LogP contribution in [0.2, 0.25) is 0 Å². The van der Waals surface area contributed by atoms with Crippen molar-refractivity contribution in [3.05, 3.63) is 47.8 Å². The number of hydrogen-bond donors (Lipinski definition) is 2. The van der Waals surface area contributed by atoms with E-state index in [-0.39, 0.29) is 5.91 Å². The smallest absolute Gasteiger partial charge is 0.259 e. The first kappa shape index (κ1) is 13.1. The van der Waals surface area contributed by atoms with Gasteiger partial charge in [-0.1, -0.05) is 18.2 Å². The van der Waals surface area contributed by atoms with Crippen molar-refractivity contribution in [2.24, 2.45) is 7.05 Å². The van der Waals surface area contributed by atoms with Gasteiger partial charge in [-0.3, -0.25) is 14.5 Å². The van der Waals surface area contributed by atoms with Gasteiger partial charge in [0.1, 0.15) is 0 Å². The Morgan fingerprint density at radius 1 is 1.29 bits per heavy atom. The zero-order valence-electron chi connectivity index (χ0n) is 11.8. The molecule has 0 spiro atoms. The molecule has 0 radical (unpaired) electrons. The van der Waals surface area contributed by atoms with Gasteiger partial charge >= 0.3 is 0 Å². The summed E-state index contributed by atoms with van der Waals surface area (Å²) in [6, 6.07) is 9.25. The summed E-state index contributed by atoms with van der Waals surface area (Å²) in [5.41, 5.74) is 8.25. The molecule has 0 saturated heterocycles. The highest BCUT2D eigenvalue weighted by atomic mass is 16.1. The quantitative estimate of drug-likeness (QED) is 0.753. The number of carbonyl (C=O) groups excluding carboxylic acids is 1. The number of para-hydroxylation sites is 1. The lowest BCUT2D eigenvalue weighted by atomic mass is 10.1. The van der Waals surface area contributed by atoms with E-state index < -0.39 is 0 Å². The second-order valence-corrected chi connectivity index (χ2v) is 4.81. The molecule has 1 aromatic carbocycles. The van der Waals surface area contributed by atoms with E-state index in [4.69, 9.17) is 5.73 Å². The molecule has 106 valence electrons. The minimum Gasteiger partial charge on any atom is -0.394 e. The molecule has 3 aromatic rings. The van der Waals surface area contributed by atoms with Gasteiger partial charge < -0.3 is 11.1 Å². The highest BCUT2D eigenvalue weighted by Gasteiger charge is 2.16. The number of anilines is 2. The van der Waals surface area contributed by atoms with Crippen LogP contribution < -0.4 is 11.1 Å². The fraction of sp³-hybridized carbons (Fsp3) is 0.133. The van der Waals surface area contributed by atoms with Crippen LogP contribution in [0.25, 0.3) is 10.9 Å². The monoisotopic (exact) mass is 281 g/mol. The SMILES string of the molecule is Cc1nn(C)c(NC(=O)c2cccc3cccnc23)c1N. The Bertz CT molecular complexity index is 832. The number of amides is 1. The zero-order valence-corrected chi connectivity index (χ0v) is 11.8. The third-order valence-electron chi connectivity index (χ3n) is 3.38. The van der Waals surface area contributed by atoms with Gasteiger partial charge in [0.15, 0.2) is 5.82 Å². The first-order chi connectivity index (χ1) is 10.1. The summed E-state index contributed by atoms with van der Waals surface area (Å²) in [6.07, 6.45) is 1.67. The Balaban J connectivity index is 2.02. The molecule has 0 saturated carbocycles. The van der Waals surface area contributed by atoms with Gasteiger partial charge in [-0.2, -0.15) is 5.10 Å². The van der Waals surface area contributed by atoms with Crippen molar-refractivity contribution in [1.29, 1.82) is 0 Å². The van der Waals surface area contributed by atoms with Gasteiger partial charge in [0.25, 0.3) is 5.91 Å². The number of benzene rings is 1. The van der Waals surface area contributed by atoms with Crippen LogP contribution in [0.1, 0.15) is 16.1 Å². The van der Waals surface area contributed by atoms with Crippen molar-refractivity contribution >= 4 is 28.3 Å². The van der Waals surface area contributed by atoms with Crippen LogP contribution in [0.5, 0.6) is 0 Å². The topological polar surface area (TPSA) is 85.8 Å². The van der Waals surface area contributed by atoms with Gasteiger partial charge in [-0.25, -0.2) is 0 Å². The standard InChI is InChI=1S/C15H15N5O/c1-9-12(16)14(20(2)19-9)18-15(21)11-7-3-5-10-6-4-8-17-13(10)11/h3-8H,16H2,1-2H3,(H,18,21). The van der Waals surface area contributed by atoms with Crippen molar-refractivity contribution in [2.75, 3.05) is 11.1 Å². The molecule has 0 unspecified atom stereocenters. The molecule has 21 heavy (non-hydrogen) atoms. The van der Waals surface area contributed by atoms with Crippen molar-refractivity contribution in [3.8, 4) is 0 Å². The van der Waals surface area contributed by atoms with Gasteiger partial charge in [0.2, 0.25) is 0 Å². The number of rotatable bonds is 2. The lowest BCUT2D eigenvalue weighted by molar-refractivity contribution is 0.102. The number of nitrogen functional groups attached to an aromatic ring is 1. The maximum Gasteiger partial charge on any atom is 0.259 e. The van der Waals surface area contributed by atoms with E-state index in [9.17, 15) is 4.79 Å². The molecule has 0 aliphatic carbocycles. The summed E-state index contributed by atoms with van der Waals surface area (Å²) in [6.45, 7) is 1.80. The molecule has 0 aliphatic rings. The second kappa shape index (κ2) is 4.90. The Morgan fingerprint density at radius 2 is 2.05 bits per heavy atom. The molecule has 0 fully saturated rings. The maximum atomic E-state index is 12.5. The summed E-state index contributed by atoms with van der Waals surface area (Å²) >= 11 is 0. The van der Waals surface area contributed by atoms with E-state index in [1.807, 2.05) is 24.3 Å². The molecular weight excluding hydrogens is 266 g/mol. The molecule has 6 nitrogen and oxygen atoms in total. The van der Waals surface area contributed by atoms with E-state index in [2.05, 4.69) is 15.4 Å². The summed E-state index contributed by atoms with van der Waals surface area (Å²) in [4.78, 5) is 16.8. The Hall–Kier alpha value is -2.89. The Morgan fingerprint density at radius 3 is 2.76 bits per heavy atom. The largest absolute Gasteiger partial charge is 0.394 e. The number of nitrogens with one attached hydrogen (secondary N) is 1. The summed E-state index contributed by atoms with van der Waals surface area (Å²) in [5, 5.41) is 7.90. The Labute approximate surface area is 121 Å². The molecule has 3 rings (SSSR count). The number of nitrogens with zero attached hydrogens (tertiary/aromatic N) is 3. The first-order valence-corrected chi connectivity index (χ1v) is 6.52. The van der Waals surface area contributed by atoms with Gasteiger partial charge in [0.05, 0.1) is 22.5 Å². The van der Waals surface area contributed by atoms with Crippen molar-refractivity contribution in [2.45, 2.75) is 6.92 Å². The van der Waals surface area contributed by atoms with E-state index in [1.54, 1.807) is 30.9 Å². The number of pyridine rings is 1. The predicted molar refractivity (Wildman–Crippen MR) is 82.1 cm³/mol. The van der Waals surface area contributed by atoms with Crippen molar-refractivity contribution < 1.29 is 4.79 Å². The second-order valence-electron chi connectivity index (χ2n) is 4.81. The van der Waals surface area contributed by atoms with Crippen LogP contribution in [-0.2, 0) is 7.05 Å². The fourth-order valence-corrected chi connectivity index (χ4v) is 2.29. The number of hydrogen-bond acceptors (Lipinski definition) is 4. The average Bonchev–Trinajstić information content (AvgIpc) is 2.73. The van der Waals surface area contributed by atoms with Gasteiger partial charge in [-0.15, -0.1) is 0 Å². The summed E-state index contributed by atoms with van der Waals surface area (Å²) < 4.78 is 1.56. The van der Waals surface area contributed by atoms with Crippen LogP contribution in [0.3, 0.4) is 0 Å². The highest BCUT2D eigenvalue weighted by Crippen LogP contribution is 2.23. The van der Waals surface area contributed by atoms with Crippen LogP contribution in [0.4, 0.5) is 11.5 Å². The minimum absolute atomic E-state index is 0.256. The average molecular weight is 281 g/mol. The maximum absolute atomic E-state index is 12.5. The van der Waals surface area contributed by atoms with E-state index in [1.165, 1.54) is 0 Å². The molecule has 2 aromatic heterocycles. The van der Waals surface area contributed by atoms with E-state index in [0.717, 1.165) is 5.39 Å². The molecule has 6 heteroatoms. The number of aromatic nitrogens is 3. The third-order valence-corrected chi connectivity index (χ3v) is 3.38. The molecule has 1 amide bonds. The van der Waals surface area contributed by atoms with Crippen LogP contribution in [0, 0.1) is 6.92 Å². The van der Waals surface area contributed by atoms with Crippen LogP contribution >= 0.6 is 0 Å². The predicted octanol–water partition coefficient (Wildman–Crippen LogP) is 2.11. The van der Waals surface area contributed by atoms with Crippen LogP contribution in [0.15, 0.2) is 36.5 Å². The Kier molecular flexibility index (Phi) is 3.06. The number of aryl methyl sites for hydroxylation is 2. The summed E-state index contributed by atoms with van der Waals surface area (Å²) in [5.74, 6) is 0.236. The fourth-order valence-electron chi connectivity index (χ4n) is 2.29. The molecule has 3 N–H and O–H groups in total. The van der Waals surface area contributed by atoms with Gasteiger partial charge in [0, 0.05) is 18.6 Å². The molecule has 0 bridgehead atoms. The lowest BCUT2D eigenvalue weighted by Crippen LogP contribution is -2.16. The highest BCUT2D eigenvalue weighted by molar-refractivity contribution is 6.12. The van der Waals surface area contributed by atoms with Crippen LogP contribution in [-0.4, -0.2) is 20.7 Å². The number of carbonyl (C=O) groups is 1. The van der Waals surface area contributed by atoms with Crippen molar-refractivity contribution in [3.63, 3.8) is 0 Å². The molecule has 0 aliphatic heterocycles. The van der Waals surface area contributed by atoms with E-state index in [0.29, 0.717) is 28.3 Å². The number of nitrogens with two attached hydrogens (primary N) is 1. The zero-order chi connectivity index (χ0) is 15.0. The minimum atomic E-state index is -0.256. The summed E-state index contributed by atoms with van der Waals surface area (Å²) in [7, 11) is 1.74.